The zero-order valence-electron chi connectivity index (χ0n) is 21.7. The Labute approximate surface area is 225 Å². The molecule has 1 atom stereocenters. The van der Waals surface area contributed by atoms with Gasteiger partial charge in [0.25, 0.3) is 0 Å². The minimum atomic E-state index is -0.382. The van der Waals surface area contributed by atoms with Gasteiger partial charge in [0.2, 0.25) is 5.24 Å². The Hall–Kier alpha value is -3.46. The maximum Gasteiger partial charge on any atom is 0.323 e. The van der Waals surface area contributed by atoms with Crippen molar-refractivity contribution in [3.8, 4) is 17.2 Å². The lowest BCUT2D eigenvalue weighted by Crippen LogP contribution is -2.41. The molecule has 0 spiro atoms. The molecule has 0 aromatic heterocycles. The van der Waals surface area contributed by atoms with Crippen LogP contribution >= 0.6 is 11.6 Å². The molecule has 3 aromatic rings. The van der Waals surface area contributed by atoms with E-state index in [1.165, 1.54) is 0 Å². The third-order valence-corrected chi connectivity index (χ3v) is 5.90. The summed E-state index contributed by atoms with van der Waals surface area (Å²) in [6, 6.07) is 27.1. The summed E-state index contributed by atoms with van der Waals surface area (Å²) in [5.74, 6) is -0.136. The number of nitriles is 1. The number of carbonyl (C=O) groups excluding carboxylic acids is 2. The molecule has 0 fully saturated rings. The Morgan fingerprint density at radius 3 is 2.16 bits per heavy atom. The van der Waals surface area contributed by atoms with E-state index in [2.05, 4.69) is 11.4 Å². The molecular weight excluding hydrogens is 484 g/mol. The van der Waals surface area contributed by atoms with Crippen LogP contribution in [-0.4, -0.2) is 17.3 Å². The second kappa shape index (κ2) is 16.3. The number of nitrogens with zero attached hydrogens (tertiary/aromatic N) is 1. The molecule has 3 rings (SSSR count). The Morgan fingerprint density at radius 2 is 1.59 bits per heavy atom. The molecule has 5 nitrogen and oxygen atoms in total. The van der Waals surface area contributed by atoms with Crippen LogP contribution in [0.1, 0.15) is 56.7 Å². The van der Waals surface area contributed by atoms with Crippen molar-refractivity contribution < 1.29 is 14.3 Å². The van der Waals surface area contributed by atoms with Crippen molar-refractivity contribution in [1.29, 1.82) is 5.26 Å². The summed E-state index contributed by atoms with van der Waals surface area (Å²) in [4.78, 5) is 22.5. The van der Waals surface area contributed by atoms with Gasteiger partial charge >= 0.3 is 5.97 Å². The summed E-state index contributed by atoms with van der Waals surface area (Å²) in [5, 5.41) is 12.4. The molecule has 0 aliphatic rings. The molecule has 0 heterocycles. The number of hydrogen-bond acceptors (Lipinski definition) is 5. The van der Waals surface area contributed by atoms with Crippen LogP contribution in [0.15, 0.2) is 78.9 Å². The highest BCUT2D eigenvalue weighted by molar-refractivity contribution is 6.63. The summed E-state index contributed by atoms with van der Waals surface area (Å²) in [7, 11) is 0. The lowest BCUT2D eigenvalue weighted by molar-refractivity contribution is -0.148. The number of ether oxygens (including phenoxy) is 1. The SMILES string of the molecule is CC(C)[C@H](NCc1ccc(-c2ccccc2C#N)cc1)C(=O)OCc1ccccc1.CCCCC(=O)Cl. The van der Waals surface area contributed by atoms with Crippen molar-refractivity contribution in [3.05, 3.63) is 95.6 Å². The fraction of sp³-hybridized carbons (Fsp3) is 0.323. The Balaban J connectivity index is 0.000000604. The molecule has 194 valence electrons. The van der Waals surface area contributed by atoms with E-state index < -0.39 is 0 Å². The Kier molecular flexibility index (Phi) is 13.1. The predicted octanol–water partition coefficient (Wildman–Crippen LogP) is 7.02. The van der Waals surface area contributed by atoms with E-state index in [0.29, 0.717) is 18.5 Å². The molecule has 0 radical (unpaired) electrons. The lowest BCUT2D eigenvalue weighted by Gasteiger charge is -2.21. The van der Waals surface area contributed by atoms with Crippen LogP contribution in [0.3, 0.4) is 0 Å². The van der Waals surface area contributed by atoms with Crippen molar-refractivity contribution in [2.75, 3.05) is 0 Å². The zero-order valence-corrected chi connectivity index (χ0v) is 22.5. The van der Waals surface area contributed by atoms with Crippen LogP contribution in [0.5, 0.6) is 0 Å². The van der Waals surface area contributed by atoms with E-state index >= 15 is 0 Å². The molecule has 0 saturated heterocycles. The highest BCUT2D eigenvalue weighted by Gasteiger charge is 2.23. The van der Waals surface area contributed by atoms with E-state index in [-0.39, 0.29) is 29.8 Å². The van der Waals surface area contributed by atoms with E-state index in [0.717, 1.165) is 35.1 Å². The number of rotatable bonds is 11. The normalized spacial score (nSPS) is 11.1. The van der Waals surface area contributed by atoms with Crippen molar-refractivity contribution in [3.63, 3.8) is 0 Å². The average molecular weight is 519 g/mol. The van der Waals surface area contributed by atoms with Crippen LogP contribution in [0, 0.1) is 17.2 Å². The van der Waals surface area contributed by atoms with Crippen molar-refractivity contribution in [1.82, 2.24) is 5.32 Å². The van der Waals surface area contributed by atoms with Gasteiger partial charge in [0.05, 0.1) is 11.6 Å². The Morgan fingerprint density at radius 1 is 0.946 bits per heavy atom. The predicted molar refractivity (Wildman–Crippen MR) is 149 cm³/mol. The maximum atomic E-state index is 12.6. The van der Waals surface area contributed by atoms with Crippen molar-refractivity contribution in [2.45, 2.75) is 59.2 Å². The van der Waals surface area contributed by atoms with Gasteiger partial charge in [0.15, 0.2) is 0 Å². The number of esters is 1. The molecule has 0 bridgehead atoms. The van der Waals surface area contributed by atoms with Crippen LogP contribution in [0.4, 0.5) is 0 Å². The van der Waals surface area contributed by atoms with Crippen LogP contribution in [0.2, 0.25) is 0 Å². The van der Waals surface area contributed by atoms with E-state index in [1.54, 1.807) is 0 Å². The molecular formula is C31H35ClN2O3. The van der Waals surface area contributed by atoms with E-state index in [9.17, 15) is 14.9 Å². The first-order chi connectivity index (χ1) is 17.8. The number of benzene rings is 3. The summed E-state index contributed by atoms with van der Waals surface area (Å²) >= 11 is 5.02. The summed E-state index contributed by atoms with van der Waals surface area (Å²) in [5.41, 5.74) is 4.61. The van der Waals surface area contributed by atoms with Gasteiger partial charge < -0.3 is 10.1 Å². The molecule has 0 aliphatic heterocycles. The van der Waals surface area contributed by atoms with Gasteiger partial charge in [0, 0.05) is 13.0 Å². The molecule has 0 saturated carbocycles. The summed E-state index contributed by atoms with van der Waals surface area (Å²) < 4.78 is 5.51. The number of hydrogen-bond donors (Lipinski definition) is 1. The maximum absolute atomic E-state index is 12.6. The molecule has 0 aliphatic carbocycles. The van der Waals surface area contributed by atoms with Crippen molar-refractivity contribution in [2.24, 2.45) is 5.92 Å². The first-order valence-electron chi connectivity index (χ1n) is 12.6. The minimum absolute atomic E-state index is 0.107. The van der Waals surface area contributed by atoms with Gasteiger partial charge in [-0.1, -0.05) is 100.0 Å². The molecule has 0 amide bonds. The number of nitrogens with one attached hydrogen (secondary N) is 1. The quantitative estimate of drug-likeness (QED) is 0.218. The topological polar surface area (TPSA) is 79.2 Å². The van der Waals surface area contributed by atoms with Crippen LogP contribution in [-0.2, 0) is 27.5 Å². The van der Waals surface area contributed by atoms with Gasteiger partial charge in [-0.25, -0.2) is 0 Å². The minimum Gasteiger partial charge on any atom is -0.460 e. The first kappa shape index (κ1) is 29.8. The smallest absolute Gasteiger partial charge is 0.323 e. The van der Waals surface area contributed by atoms with Crippen molar-refractivity contribution >= 4 is 22.8 Å². The monoisotopic (exact) mass is 518 g/mol. The zero-order chi connectivity index (χ0) is 27.0. The van der Waals surface area contributed by atoms with Gasteiger partial charge in [-0.15, -0.1) is 0 Å². The Bertz CT molecular complexity index is 1160. The molecule has 6 heteroatoms. The fourth-order valence-electron chi connectivity index (χ4n) is 3.59. The third-order valence-electron chi connectivity index (χ3n) is 5.71. The highest BCUT2D eigenvalue weighted by Crippen LogP contribution is 2.23. The molecule has 1 N–H and O–H groups in total. The highest BCUT2D eigenvalue weighted by atomic mass is 35.5. The first-order valence-corrected chi connectivity index (χ1v) is 12.9. The second-order valence-corrected chi connectivity index (χ2v) is 9.43. The third kappa shape index (κ3) is 10.6. The second-order valence-electron chi connectivity index (χ2n) is 9.01. The molecule has 0 unspecified atom stereocenters. The van der Waals surface area contributed by atoms with Crippen LogP contribution < -0.4 is 5.32 Å². The van der Waals surface area contributed by atoms with Gasteiger partial charge in [0.1, 0.15) is 12.6 Å². The van der Waals surface area contributed by atoms with Gasteiger partial charge in [-0.05, 0) is 52.3 Å². The van der Waals surface area contributed by atoms with E-state index in [4.69, 9.17) is 16.3 Å². The summed E-state index contributed by atoms with van der Waals surface area (Å²) in [6.07, 6.45) is 2.48. The van der Waals surface area contributed by atoms with Gasteiger partial charge in [-0.2, -0.15) is 5.26 Å². The number of carbonyl (C=O) groups is 2. The largest absolute Gasteiger partial charge is 0.460 e. The lowest BCUT2D eigenvalue weighted by atomic mass is 9.99. The average Bonchev–Trinajstić information content (AvgIpc) is 2.92. The molecule has 3 aromatic carbocycles. The summed E-state index contributed by atoms with van der Waals surface area (Å²) in [6.45, 7) is 6.87. The van der Waals surface area contributed by atoms with Crippen LogP contribution in [0.25, 0.3) is 11.1 Å². The van der Waals surface area contributed by atoms with E-state index in [1.807, 2.05) is 99.6 Å². The fourth-order valence-corrected chi connectivity index (χ4v) is 3.72. The number of halogens is 1. The standard InChI is InChI=1S/C26H26N2O2.C5H9ClO/c1-19(2)25(26(29)30-18-21-8-4-3-5-9-21)28-17-20-12-14-22(15-13-20)24-11-7-6-10-23(24)16-27;1-2-3-4-5(6)7/h3-15,19,25,28H,17-18H2,1-2H3;2-4H2,1H3/t25-;/m0./s1. The molecule has 37 heavy (non-hydrogen) atoms. The van der Waals surface area contributed by atoms with Gasteiger partial charge in [-0.3, -0.25) is 9.59 Å². The number of unbranched alkanes of at least 4 members (excludes halogenated alkanes) is 1.